The maximum atomic E-state index is 12.6. The first-order valence-corrected chi connectivity index (χ1v) is 9.27. The zero-order valence-electron chi connectivity index (χ0n) is 15.9. The number of imidazole rings is 1. The van der Waals surface area contributed by atoms with Gasteiger partial charge in [0.25, 0.3) is 5.91 Å². The summed E-state index contributed by atoms with van der Waals surface area (Å²) in [5.41, 5.74) is 0.616. The molecule has 0 atom stereocenters. The first-order valence-electron chi connectivity index (χ1n) is 9.27. The molecule has 144 valence electrons. The summed E-state index contributed by atoms with van der Waals surface area (Å²) < 4.78 is 7.24. The third kappa shape index (κ3) is 4.67. The number of rotatable bonds is 6. The molecule has 0 radical (unpaired) electrons. The lowest BCUT2D eigenvalue weighted by molar-refractivity contribution is -0.132. The van der Waals surface area contributed by atoms with Gasteiger partial charge < -0.3 is 19.1 Å². The fraction of sp³-hybridized carbons (Fsp3) is 0.450. The van der Waals surface area contributed by atoms with Crippen molar-refractivity contribution in [1.29, 1.82) is 0 Å². The van der Waals surface area contributed by atoms with Gasteiger partial charge in [0, 0.05) is 57.1 Å². The van der Waals surface area contributed by atoms with Crippen LogP contribution in [0.4, 0.5) is 0 Å². The van der Waals surface area contributed by atoms with Crippen LogP contribution in [0.25, 0.3) is 0 Å². The number of carbonyl (C=O) groups is 2. The van der Waals surface area contributed by atoms with Crippen molar-refractivity contribution in [1.82, 2.24) is 19.4 Å². The van der Waals surface area contributed by atoms with Crippen molar-refractivity contribution in [2.24, 2.45) is 0 Å². The van der Waals surface area contributed by atoms with E-state index in [1.54, 1.807) is 30.3 Å². The zero-order valence-corrected chi connectivity index (χ0v) is 15.9. The van der Waals surface area contributed by atoms with Crippen LogP contribution in [0.15, 0.2) is 36.7 Å². The number of hydrogen-bond acceptors (Lipinski definition) is 4. The van der Waals surface area contributed by atoms with Crippen LogP contribution in [0.2, 0.25) is 0 Å². The molecule has 1 aromatic carbocycles. The van der Waals surface area contributed by atoms with Crippen molar-refractivity contribution in [3.05, 3.63) is 48.0 Å². The van der Waals surface area contributed by atoms with E-state index >= 15 is 0 Å². The molecule has 7 nitrogen and oxygen atoms in total. The van der Waals surface area contributed by atoms with E-state index in [-0.39, 0.29) is 11.8 Å². The summed E-state index contributed by atoms with van der Waals surface area (Å²) in [6.07, 6.45) is 5.01. The quantitative estimate of drug-likeness (QED) is 0.780. The molecule has 0 spiro atoms. The Balaban J connectivity index is 1.45. The van der Waals surface area contributed by atoms with Gasteiger partial charge in [-0.1, -0.05) is 6.07 Å². The molecule has 1 aromatic heterocycles. The Hall–Kier alpha value is -2.83. The molecule has 0 saturated carbocycles. The number of amides is 2. The summed E-state index contributed by atoms with van der Waals surface area (Å²) in [6, 6.07) is 7.17. The minimum atomic E-state index is -0.0171. The van der Waals surface area contributed by atoms with Gasteiger partial charge in [-0.3, -0.25) is 9.59 Å². The average Bonchev–Trinajstić information content (AvgIpc) is 3.12. The van der Waals surface area contributed by atoms with Crippen molar-refractivity contribution in [3.8, 4) is 5.75 Å². The number of nitrogens with zero attached hydrogens (tertiary/aromatic N) is 4. The second-order valence-corrected chi connectivity index (χ2v) is 6.68. The highest BCUT2D eigenvalue weighted by molar-refractivity contribution is 5.94. The maximum Gasteiger partial charge on any atom is 0.254 e. The number of methoxy groups -OCH3 is 1. The van der Waals surface area contributed by atoms with Gasteiger partial charge >= 0.3 is 0 Å². The summed E-state index contributed by atoms with van der Waals surface area (Å²) in [4.78, 5) is 32.9. The van der Waals surface area contributed by atoms with E-state index in [2.05, 4.69) is 9.55 Å². The van der Waals surface area contributed by atoms with Crippen LogP contribution in [0, 0.1) is 6.92 Å². The molecule has 2 aromatic rings. The summed E-state index contributed by atoms with van der Waals surface area (Å²) in [5.74, 6) is 1.77. The highest BCUT2D eigenvalue weighted by Gasteiger charge is 2.24. The maximum absolute atomic E-state index is 12.6. The van der Waals surface area contributed by atoms with Gasteiger partial charge in [0.1, 0.15) is 11.6 Å². The Labute approximate surface area is 159 Å². The van der Waals surface area contributed by atoms with E-state index in [1.807, 2.05) is 30.2 Å². The number of aromatic nitrogens is 2. The fourth-order valence-corrected chi connectivity index (χ4v) is 3.30. The summed E-state index contributed by atoms with van der Waals surface area (Å²) in [5, 5.41) is 0. The minimum Gasteiger partial charge on any atom is -0.497 e. The van der Waals surface area contributed by atoms with Gasteiger partial charge in [0.2, 0.25) is 5.91 Å². The molecular weight excluding hydrogens is 344 g/mol. The Kier molecular flexibility index (Phi) is 6.11. The van der Waals surface area contributed by atoms with Crippen LogP contribution in [0.5, 0.6) is 5.75 Å². The Bertz CT molecular complexity index is 794. The van der Waals surface area contributed by atoms with E-state index < -0.39 is 0 Å². The smallest absolute Gasteiger partial charge is 0.254 e. The second-order valence-electron chi connectivity index (χ2n) is 6.68. The average molecular weight is 370 g/mol. The first kappa shape index (κ1) is 18.9. The predicted octanol–water partition coefficient (Wildman–Crippen LogP) is 1.96. The van der Waals surface area contributed by atoms with Gasteiger partial charge in [0.15, 0.2) is 0 Å². The molecule has 0 N–H and O–H groups in total. The SMILES string of the molecule is COc1cccc(C(=O)N2CCN(C(=O)CCCn3ccnc3C)CC2)c1. The van der Waals surface area contributed by atoms with Gasteiger partial charge in [-0.25, -0.2) is 4.98 Å². The van der Waals surface area contributed by atoms with Crippen LogP contribution < -0.4 is 4.74 Å². The Morgan fingerprint density at radius 1 is 1.15 bits per heavy atom. The van der Waals surface area contributed by atoms with Gasteiger partial charge in [-0.05, 0) is 31.5 Å². The van der Waals surface area contributed by atoms with Crippen molar-refractivity contribution < 1.29 is 14.3 Å². The molecule has 0 unspecified atom stereocenters. The van der Waals surface area contributed by atoms with Gasteiger partial charge in [0.05, 0.1) is 7.11 Å². The molecule has 3 rings (SSSR count). The van der Waals surface area contributed by atoms with E-state index in [4.69, 9.17) is 4.74 Å². The molecule has 1 fully saturated rings. The standard InChI is InChI=1S/C20H26N4O3/c1-16-21-8-10-22(16)9-4-7-19(25)23-11-13-24(14-12-23)20(26)17-5-3-6-18(15-17)27-2/h3,5-6,8,10,15H,4,7,9,11-14H2,1-2H3. The van der Waals surface area contributed by atoms with Crippen LogP contribution in [-0.4, -0.2) is 64.5 Å². The lowest BCUT2D eigenvalue weighted by Gasteiger charge is -2.35. The molecule has 2 amide bonds. The van der Waals surface area contributed by atoms with E-state index in [9.17, 15) is 9.59 Å². The molecule has 0 aliphatic carbocycles. The molecule has 1 aliphatic rings. The number of carbonyl (C=O) groups excluding carboxylic acids is 2. The number of hydrogen-bond donors (Lipinski definition) is 0. The monoisotopic (exact) mass is 370 g/mol. The fourth-order valence-electron chi connectivity index (χ4n) is 3.30. The van der Waals surface area contributed by atoms with Crippen molar-refractivity contribution >= 4 is 11.8 Å². The highest BCUT2D eigenvalue weighted by atomic mass is 16.5. The van der Waals surface area contributed by atoms with E-state index in [1.165, 1.54) is 0 Å². The van der Waals surface area contributed by atoms with E-state index in [0.29, 0.717) is 43.9 Å². The van der Waals surface area contributed by atoms with Crippen LogP contribution in [0.3, 0.4) is 0 Å². The molecule has 2 heterocycles. The molecule has 7 heteroatoms. The van der Waals surface area contributed by atoms with Crippen molar-refractivity contribution in [2.75, 3.05) is 33.3 Å². The van der Waals surface area contributed by atoms with Crippen LogP contribution in [0.1, 0.15) is 29.0 Å². The summed E-state index contributed by atoms with van der Waals surface area (Å²) >= 11 is 0. The lowest BCUT2D eigenvalue weighted by Crippen LogP contribution is -2.50. The Morgan fingerprint density at radius 2 is 1.89 bits per heavy atom. The highest BCUT2D eigenvalue weighted by Crippen LogP contribution is 2.16. The zero-order chi connectivity index (χ0) is 19.2. The Morgan fingerprint density at radius 3 is 2.56 bits per heavy atom. The van der Waals surface area contributed by atoms with Crippen molar-refractivity contribution in [2.45, 2.75) is 26.3 Å². The predicted molar refractivity (Wildman–Crippen MR) is 102 cm³/mol. The lowest BCUT2D eigenvalue weighted by atomic mass is 10.1. The third-order valence-corrected chi connectivity index (χ3v) is 4.95. The molecule has 27 heavy (non-hydrogen) atoms. The minimum absolute atomic E-state index is 0.0171. The number of piperazine rings is 1. The molecule has 1 saturated heterocycles. The van der Waals surface area contributed by atoms with Crippen LogP contribution in [-0.2, 0) is 11.3 Å². The number of aryl methyl sites for hydroxylation is 2. The molecule has 1 aliphatic heterocycles. The van der Waals surface area contributed by atoms with Crippen molar-refractivity contribution in [3.63, 3.8) is 0 Å². The van der Waals surface area contributed by atoms with Crippen LogP contribution >= 0.6 is 0 Å². The molecule has 0 bridgehead atoms. The number of ether oxygens (including phenoxy) is 1. The third-order valence-electron chi connectivity index (χ3n) is 4.95. The first-order chi connectivity index (χ1) is 13.1. The normalized spacial score (nSPS) is 14.3. The molecular formula is C20H26N4O3. The topological polar surface area (TPSA) is 67.7 Å². The number of benzene rings is 1. The van der Waals surface area contributed by atoms with E-state index in [0.717, 1.165) is 18.8 Å². The summed E-state index contributed by atoms with van der Waals surface area (Å²) in [7, 11) is 1.59. The summed E-state index contributed by atoms with van der Waals surface area (Å²) in [6.45, 7) is 5.04. The van der Waals surface area contributed by atoms with Gasteiger partial charge in [-0.15, -0.1) is 0 Å². The second kappa shape index (κ2) is 8.70. The van der Waals surface area contributed by atoms with Gasteiger partial charge in [-0.2, -0.15) is 0 Å². The largest absolute Gasteiger partial charge is 0.497 e.